The number of aromatic nitrogens is 4. The number of imide groups is 1. The van der Waals surface area contributed by atoms with Gasteiger partial charge >= 0.3 is 6.03 Å². The molecule has 1 aliphatic carbocycles. The Morgan fingerprint density at radius 1 is 1.22 bits per heavy atom. The standard InChI is InChI=1S/C17H21ClN6O2S/c1-11(15(25)20-16(26)19-13-5-3-2-4-6-13)27-17-21-22-23-24(17)14-9-7-12(18)8-10-14/h7-11,13H,2-6H2,1H3,(H2,19,20,25,26)/t11-/m1/s1. The quantitative estimate of drug-likeness (QED) is 0.737. The minimum absolute atomic E-state index is 0.145. The van der Waals surface area contributed by atoms with Crippen molar-refractivity contribution in [3.8, 4) is 5.69 Å². The lowest BCUT2D eigenvalue weighted by atomic mass is 9.96. The summed E-state index contributed by atoms with van der Waals surface area (Å²) in [5, 5.41) is 17.4. The van der Waals surface area contributed by atoms with E-state index in [4.69, 9.17) is 11.6 Å². The number of carbonyl (C=O) groups is 2. The fourth-order valence-corrected chi connectivity index (χ4v) is 3.82. The van der Waals surface area contributed by atoms with Crippen LogP contribution in [0.2, 0.25) is 5.02 Å². The van der Waals surface area contributed by atoms with Crippen LogP contribution in [0.25, 0.3) is 5.69 Å². The normalized spacial score (nSPS) is 15.9. The maximum absolute atomic E-state index is 12.3. The Labute approximate surface area is 166 Å². The summed E-state index contributed by atoms with van der Waals surface area (Å²) < 4.78 is 1.52. The summed E-state index contributed by atoms with van der Waals surface area (Å²) in [6, 6.07) is 6.73. The molecular formula is C17H21ClN6O2S. The molecule has 27 heavy (non-hydrogen) atoms. The van der Waals surface area contributed by atoms with Crippen molar-refractivity contribution in [1.82, 2.24) is 30.8 Å². The summed E-state index contributed by atoms with van der Waals surface area (Å²) in [5.41, 5.74) is 0.731. The van der Waals surface area contributed by atoms with Gasteiger partial charge in [0.05, 0.1) is 10.9 Å². The van der Waals surface area contributed by atoms with Gasteiger partial charge in [0.25, 0.3) is 0 Å². The number of benzene rings is 1. The highest BCUT2D eigenvalue weighted by Crippen LogP contribution is 2.23. The molecule has 1 fully saturated rings. The van der Waals surface area contributed by atoms with E-state index in [1.165, 1.54) is 22.9 Å². The average Bonchev–Trinajstić information content (AvgIpc) is 3.11. The molecule has 3 rings (SSSR count). The molecule has 0 spiro atoms. The van der Waals surface area contributed by atoms with Crippen LogP contribution in [0, 0.1) is 0 Å². The SMILES string of the molecule is C[C@@H](Sc1nnnn1-c1ccc(Cl)cc1)C(=O)NC(=O)NC1CCCCC1. The van der Waals surface area contributed by atoms with Crippen LogP contribution in [0.1, 0.15) is 39.0 Å². The van der Waals surface area contributed by atoms with Crippen LogP contribution in [0.4, 0.5) is 4.79 Å². The third kappa shape index (κ3) is 5.43. The van der Waals surface area contributed by atoms with E-state index < -0.39 is 11.3 Å². The van der Waals surface area contributed by atoms with E-state index in [0.717, 1.165) is 31.4 Å². The maximum atomic E-state index is 12.3. The Balaban J connectivity index is 1.56. The Kier molecular flexibility index (Phi) is 6.68. The van der Waals surface area contributed by atoms with Crippen LogP contribution in [0.15, 0.2) is 29.4 Å². The predicted octanol–water partition coefficient (Wildman–Crippen LogP) is 2.95. The van der Waals surface area contributed by atoms with Crippen molar-refractivity contribution < 1.29 is 9.59 Å². The number of nitrogens with zero attached hydrogens (tertiary/aromatic N) is 4. The molecular weight excluding hydrogens is 388 g/mol. The van der Waals surface area contributed by atoms with Crippen LogP contribution in [-0.2, 0) is 4.79 Å². The molecule has 1 saturated carbocycles. The minimum Gasteiger partial charge on any atom is -0.335 e. The van der Waals surface area contributed by atoms with Crippen molar-refractivity contribution in [3.05, 3.63) is 29.3 Å². The summed E-state index contributed by atoms with van der Waals surface area (Å²) in [5.74, 6) is -0.390. The zero-order chi connectivity index (χ0) is 19.2. The van der Waals surface area contributed by atoms with E-state index in [1.807, 2.05) is 0 Å². The molecule has 10 heteroatoms. The molecule has 1 atom stereocenters. The van der Waals surface area contributed by atoms with Crippen molar-refractivity contribution in [1.29, 1.82) is 0 Å². The zero-order valence-corrected chi connectivity index (χ0v) is 16.5. The number of tetrazole rings is 1. The first-order chi connectivity index (χ1) is 13.0. The number of thioether (sulfide) groups is 1. The average molecular weight is 409 g/mol. The number of rotatable bonds is 5. The van der Waals surface area contributed by atoms with Crippen molar-refractivity contribution in [2.24, 2.45) is 0 Å². The van der Waals surface area contributed by atoms with Gasteiger partial charge in [-0.15, -0.1) is 5.10 Å². The summed E-state index contributed by atoms with van der Waals surface area (Å²) in [4.78, 5) is 24.4. The summed E-state index contributed by atoms with van der Waals surface area (Å²) in [6.07, 6.45) is 5.34. The number of nitrogens with one attached hydrogen (secondary N) is 2. The molecule has 1 heterocycles. The molecule has 3 amide bonds. The van der Waals surface area contributed by atoms with Crippen LogP contribution in [0.3, 0.4) is 0 Å². The van der Waals surface area contributed by atoms with Gasteiger partial charge < -0.3 is 5.32 Å². The van der Waals surface area contributed by atoms with E-state index in [-0.39, 0.29) is 11.9 Å². The smallest absolute Gasteiger partial charge is 0.321 e. The molecule has 2 aromatic rings. The van der Waals surface area contributed by atoms with Gasteiger partial charge in [-0.2, -0.15) is 4.68 Å². The van der Waals surface area contributed by atoms with Crippen LogP contribution in [0.5, 0.6) is 0 Å². The summed E-state index contributed by atoms with van der Waals surface area (Å²) in [7, 11) is 0. The zero-order valence-electron chi connectivity index (χ0n) is 14.9. The number of halogens is 1. The van der Waals surface area contributed by atoms with E-state index >= 15 is 0 Å². The molecule has 144 valence electrons. The molecule has 0 aliphatic heterocycles. The highest BCUT2D eigenvalue weighted by molar-refractivity contribution is 8.00. The topological polar surface area (TPSA) is 102 Å². The van der Waals surface area contributed by atoms with Gasteiger partial charge in [-0.25, -0.2) is 4.79 Å². The fraction of sp³-hybridized carbons (Fsp3) is 0.471. The maximum Gasteiger partial charge on any atom is 0.321 e. The van der Waals surface area contributed by atoms with Crippen LogP contribution < -0.4 is 10.6 Å². The second kappa shape index (κ2) is 9.18. The van der Waals surface area contributed by atoms with E-state index in [1.54, 1.807) is 31.2 Å². The number of hydrogen-bond donors (Lipinski definition) is 2. The van der Waals surface area contributed by atoms with E-state index in [9.17, 15) is 9.59 Å². The summed E-state index contributed by atoms with van der Waals surface area (Å²) >= 11 is 7.07. The van der Waals surface area contributed by atoms with Gasteiger partial charge in [0.2, 0.25) is 11.1 Å². The number of amides is 3. The molecule has 1 aromatic carbocycles. The van der Waals surface area contributed by atoms with Gasteiger partial charge in [-0.1, -0.05) is 42.6 Å². The predicted molar refractivity (Wildman–Crippen MR) is 103 cm³/mol. The van der Waals surface area contributed by atoms with Gasteiger partial charge in [0.1, 0.15) is 0 Å². The Hall–Kier alpha value is -2.13. The Bertz CT molecular complexity index is 791. The molecule has 8 nitrogen and oxygen atoms in total. The monoisotopic (exact) mass is 408 g/mol. The molecule has 0 unspecified atom stereocenters. The van der Waals surface area contributed by atoms with E-state index in [2.05, 4.69) is 26.2 Å². The highest BCUT2D eigenvalue weighted by Gasteiger charge is 2.22. The lowest BCUT2D eigenvalue weighted by Crippen LogP contribution is -2.47. The van der Waals surface area contributed by atoms with Gasteiger partial charge in [0, 0.05) is 11.1 Å². The number of hydrogen-bond acceptors (Lipinski definition) is 6. The first-order valence-corrected chi connectivity index (χ1v) is 10.1. The first kappa shape index (κ1) is 19.6. The second-order valence-corrected chi connectivity index (χ2v) is 8.15. The van der Waals surface area contributed by atoms with Crippen molar-refractivity contribution in [2.75, 3.05) is 0 Å². The van der Waals surface area contributed by atoms with Gasteiger partial charge in [-0.3, -0.25) is 10.1 Å². The van der Waals surface area contributed by atoms with E-state index in [0.29, 0.717) is 10.2 Å². The number of carbonyl (C=O) groups excluding carboxylic acids is 2. The highest BCUT2D eigenvalue weighted by atomic mass is 35.5. The fourth-order valence-electron chi connectivity index (χ4n) is 2.89. The van der Waals surface area contributed by atoms with Crippen molar-refractivity contribution in [2.45, 2.75) is 55.5 Å². The van der Waals surface area contributed by atoms with Crippen molar-refractivity contribution >= 4 is 35.3 Å². The molecule has 0 saturated heterocycles. The molecule has 0 bridgehead atoms. The third-order valence-corrected chi connectivity index (χ3v) is 5.63. The number of urea groups is 1. The largest absolute Gasteiger partial charge is 0.335 e. The molecule has 2 N–H and O–H groups in total. The summed E-state index contributed by atoms with van der Waals surface area (Å²) in [6.45, 7) is 1.70. The van der Waals surface area contributed by atoms with Crippen LogP contribution >= 0.6 is 23.4 Å². The molecule has 1 aromatic heterocycles. The molecule has 1 aliphatic rings. The second-order valence-electron chi connectivity index (χ2n) is 6.41. The van der Waals surface area contributed by atoms with Crippen LogP contribution in [-0.4, -0.2) is 43.4 Å². The lowest BCUT2D eigenvalue weighted by molar-refractivity contribution is -0.119. The molecule has 0 radical (unpaired) electrons. The Morgan fingerprint density at radius 2 is 1.93 bits per heavy atom. The first-order valence-electron chi connectivity index (χ1n) is 8.85. The van der Waals surface area contributed by atoms with Gasteiger partial charge in [-0.05, 0) is 54.5 Å². The van der Waals surface area contributed by atoms with Gasteiger partial charge in [0.15, 0.2) is 0 Å². The Morgan fingerprint density at radius 3 is 2.63 bits per heavy atom. The third-order valence-electron chi connectivity index (χ3n) is 4.34. The lowest BCUT2D eigenvalue weighted by Gasteiger charge is -2.23. The van der Waals surface area contributed by atoms with Crippen molar-refractivity contribution in [3.63, 3.8) is 0 Å². The minimum atomic E-state index is -0.542.